The topological polar surface area (TPSA) is 89.0 Å². The Bertz CT molecular complexity index is 1310. The lowest BCUT2D eigenvalue weighted by atomic mass is 10.1. The van der Waals surface area contributed by atoms with Crippen LogP contribution in [0, 0.1) is 0 Å². The smallest absolute Gasteiger partial charge is 0.272 e. The van der Waals surface area contributed by atoms with Crippen molar-refractivity contribution in [1.82, 2.24) is 14.2 Å². The molecule has 0 saturated carbocycles. The monoisotopic (exact) mass is 473 g/mol. The van der Waals surface area contributed by atoms with E-state index in [0.29, 0.717) is 24.7 Å². The fourth-order valence-corrected chi connectivity index (χ4v) is 5.59. The van der Waals surface area contributed by atoms with Crippen molar-refractivity contribution in [3.8, 4) is 11.5 Å². The fraction of sp³-hybridized carbons (Fsp3) is 0.273. The number of ether oxygens (including phenoxy) is 2. The van der Waals surface area contributed by atoms with E-state index in [1.165, 1.54) is 16.4 Å². The summed E-state index contributed by atoms with van der Waals surface area (Å²) >= 11 is 6.26. The quantitative estimate of drug-likeness (QED) is 0.543. The first-order valence-electron chi connectivity index (χ1n) is 10.2. The molecule has 0 radical (unpaired) electrons. The molecule has 2 aliphatic rings. The Morgan fingerprint density at radius 2 is 1.66 bits per heavy atom. The molecule has 0 atom stereocenters. The van der Waals surface area contributed by atoms with Gasteiger partial charge in [-0.3, -0.25) is 4.79 Å². The Labute approximate surface area is 190 Å². The van der Waals surface area contributed by atoms with Gasteiger partial charge in [0.1, 0.15) is 24.1 Å². The second kappa shape index (κ2) is 8.23. The average molecular weight is 474 g/mol. The lowest BCUT2D eigenvalue weighted by Crippen LogP contribution is -2.50. The molecular weight excluding hydrogens is 454 g/mol. The minimum absolute atomic E-state index is 0.143. The van der Waals surface area contributed by atoms with E-state index in [1.54, 1.807) is 17.0 Å². The largest absolute Gasteiger partial charge is 0.486 e. The highest BCUT2D eigenvalue weighted by atomic mass is 35.5. The van der Waals surface area contributed by atoms with Crippen LogP contribution in [0.4, 0.5) is 0 Å². The van der Waals surface area contributed by atoms with E-state index in [4.69, 9.17) is 21.1 Å². The van der Waals surface area contributed by atoms with Gasteiger partial charge in [-0.2, -0.15) is 4.31 Å². The number of rotatable bonds is 3. The minimum Gasteiger partial charge on any atom is -0.486 e. The molecule has 10 heteroatoms. The molecule has 2 aromatic carbocycles. The third-order valence-electron chi connectivity index (χ3n) is 5.59. The number of sulfonamides is 1. The molecule has 1 aromatic heterocycles. The highest BCUT2D eigenvalue weighted by molar-refractivity contribution is 7.89. The van der Waals surface area contributed by atoms with Crippen molar-refractivity contribution in [3.63, 3.8) is 0 Å². The molecule has 3 heterocycles. The summed E-state index contributed by atoms with van der Waals surface area (Å²) in [6.45, 7) is 1.70. The van der Waals surface area contributed by atoms with Crippen molar-refractivity contribution in [2.45, 2.75) is 4.90 Å². The van der Waals surface area contributed by atoms with Gasteiger partial charge in [0.15, 0.2) is 11.5 Å². The Balaban J connectivity index is 1.31. The summed E-state index contributed by atoms with van der Waals surface area (Å²) in [6, 6.07) is 13.8. The number of piperazine rings is 1. The normalized spacial score (nSPS) is 16.8. The summed E-state index contributed by atoms with van der Waals surface area (Å²) in [5.41, 5.74) is 0.247. The van der Waals surface area contributed by atoms with E-state index in [0.717, 1.165) is 10.8 Å². The van der Waals surface area contributed by atoms with Gasteiger partial charge in [-0.15, -0.1) is 0 Å². The third-order valence-corrected chi connectivity index (χ3v) is 7.77. The first-order chi connectivity index (χ1) is 15.4. The van der Waals surface area contributed by atoms with Crippen LogP contribution in [0.5, 0.6) is 11.5 Å². The minimum atomic E-state index is -3.72. The Morgan fingerprint density at radius 1 is 0.938 bits per heavy atom. The second-order valence-electron chi connectivity index (χ2n) is 7.52. The van der Waals surface area contributed by atoms with E-state index in [2.05, 4.69) is 4.98 Å². The van der Waals surface area contributed by atoms with Crippen molar-refractivity contribution in [2.24, 2.45) is 0 Å². The molecule has 0 N–H and O–H groups in total. The molecule has 1 saturated heterocycles. The number of carbonyl (C=O) groups is 1. The van der Waals surface area contributed by atoms with Crippen molar-refractivity contribution in [3.05, 3.63) is 59.4 Å². The number of carbonyl (C=O) groups excluding carboxylic acids is 1. The molecule has 2 aliphatic heterocycles. The molecule has 166 valence electrons. The van der Waals surface area contributed by atoms with Crippen molar-refractivity contribution in [1.29, 1.82) is 0 Å². The van der Waals surface area contributed by atoms with Crippen LogP contribution < -0.4 is 9.47 Å². The van der Waals surface area contributed by atoms with Crippen LogP contribution in [0.2, 0.25) is 5.15 Å². The van der Waals surface area contributed by atoms with Crippen LogP contribution in [0.3, 0.4) is 0 Å². The number of hydrogen-bond acceptors (Lipinski definition) is 6. The Hall–Kier alpha value is -2.88. The van der Waals surface area contributed by atoms with Crippen LogP contribution in [-0.4, -0.2) is 67.9 Å². The molecule has 5 rings (SSSR count). The van der Waals surface area contributed by atoms with Gasteiger partial charge in [-0.05, 0) is 23.6 Å². The standard InChI is InChI=1S/C22H20ClN3O5S/c23-21-17-4-2-1-3-15(17)13-18(24-21)22(27)25-7-9-26(10-8-25)32(28,29)16-5-6-19-20(14-16)31-12-11-30-19/h1-6,13-14H,7-12H2. The van der Waals surface area contributed by atoms with Gasteiger partial charge in [-0.1, -0.05) is 35.9 Å². The molecule has 32 heavy (non-hydrogen) atoms. The highest BCUT2D eigenvalue weighted by Gasteiger charge is 2.32. The SMILES string of the molecule is O=C(c1cc2ccccc2c(Cl)n1)N1CCN(S(=O)(=O)c2ccc3c(c2)OCCO3)CC1. The number of amides is 1. The number of aromatic nitrogens is 1. The van der Waals surface area contributed by atoms with Crippen LogP contribution in [0.25, 0.3) is 10.8 Å². The molecule has 1 fully saturated rings. The second-order valence-corrected chi connectivity index (χ2v) is 9.82. The van der Waals surface area contributed by atoms with Crippen molar-refractivity contribution in [2.75, 3.05) is 39.4 Å². The number of halogens is 1. The average Bonchev–Trinajstić information content (AvgIpc) is 2.83. The number of hydrogen-bond donors (Lipinski definition) is 0. The zero-order valence-corrected chi connectivity index (χ0v) is 18.6. The third kappa shape index (κ3) is 3.76. The molecule has 0 aliphatic carbocycles. The molecular formula is C22H20ClN3O5S. The summed E-state index contributed by atoms with van der Waals surface area (Å²) in [6.07, 6.45) is 0. The van der Waals surface area contributed by atoms with Gasteiger partial charge >= 0.3 is 0 Å². The van der Waals surface area contributed by atoms with E-state index < -0.39 is 10.0 Å². The van der Waals surface area contributed by atoms with Gasteiger partial charge in [0.25, 0.3) is 5.91 Å². The van der Waals surface area contributed by atoms with E-state index in [-0.39, 0.29) is 47.8 Å². The van der Waals surface area contributed by atoms with Gasteiger partial charge in [0.2, 0.25) is 10.0 Å². The van der Waals surface area contributed by atoms with E-state index in [9.17, 15) is 13.2 Å². The number of pyridine rings is 1. The molecule has 8 nitrogen and oxygen atoms in total. The Morgan fingerprint density at radius 3 is 2.44 bits per heavy atom. The molecule has 0 unspecified atom stereocenters. The van der Waals surface area contributed by atoms with Crippen molar-refractivity contribution < 1.29 is 22.7 Å². The fourth-order valence-electron chi connectivity index (χ4n) is 3.89. The summed E-state index contributed by atoms with van der Waals surface area (Å²) < 4.78 is 38.6. The van der Waals surface area contributed by atoms with Crippen LogP contribution in [0.1, 0.15) is 10.5 Å². The maximum absolute atomic E-state index is 13.1. The number of benzene rings is 2. The van der Waals surface area contributed by atoms with Gasteiger partial charge < -0.3 is 14.4 Å². The summed E-state index contributed by atoms with van der Waals surface area (Å²) in [5, 5.41) is 1.88. The van der Waals surface area contributed by atoms with Crippen LogP contribution in [0.15, 0.2) is 53.4 Å². The Kier molecular flexibility index (Phi) is 5.40. The summed E-state index contributed by atoms with van der Waals surface area (Å²) in [5.74, 6) is 0.687. The predicted octanol–water partition coefficient (Wildman–Crippen LogP) is 2.81. The van der Waals surface area contributed by atoms with E-state index in [1.807, 2.05) is 24.3 Å². The zero-order chi connectivity index (χ0) is 22.3. The van der Waals surface area contributed by atoms with Crippen molar-refractivity contribution >= 4 is 38.3 Å². The maximum Gasteiger partial charge on any atom is 0.272 e. The van der Waals surface area contributed by atoms with Crippen LogP contribution in [-0.2, 0) is 10.0 Å². The first kappa shape index (κ1) is 21.0. The van der Waals surface area contributed by atoms with Gasteiger partial charge in [0, 0.05) is 37.6 Å². The summed E-state index contributed by atoms with van der Waals surface area (Å²) in [4.78, 5) is 19.0. The predicted molar refractivity (Wildman–Crippen MR) is 119 cm³/mol. The lowest BCUT2D eigenvalue weighted by molar-refractivity contribution is 0.0692. The van der Waals surface area contributed by atoms with Gasteiger partial charge in [0.05, 0.1) is 4.90 Å². The molecule has 3 aromatic rings. The van der Waals surface area contributed by atoms with Gasteiger partial charge in [-0.25, -0.2) is 13.4 Å². The lowest BCUT2D eigenvalue weighted by Gasteiger charge is -2.34. The van der Waals surface area contributed by atoms with Crippen LogP contribution >= 0.6 is 11.6 Å². The first-order valence-corrected chi connectivity index (χ1v) is 12.0. The molecule has 0 bridgehead atoms. The molecule has 1 amide bonds. The summed E-state index contributed by atoms with van der Waals surface area (Å²) in [7, 11) is -3.72. The number of fused-ring (bicyclic) bond motifs is 2. The molecule has 0 spiro atoms. The zero-order valence-electron chi connectivity index (χ0n) is 17.0. The van der Waals surface area contributed by atoms with E-state index >= 15 is 0 Å². The highest BCUT2D eigenvalue weighted by Crippen LogP contribution is 2.33. The number of nitrogens with zero attached hydrogens (tertiary/aromatic N) is 3. The maximum atomic E-state index is 13.1.